The van der Waals surface area contributed by atoms with Crippen LogP contribution in [-0.2, 0) is 16.1 Å². The van der Waals surface area contributed by atoms with Crippen LogP contribution in [0.15, 0.2) is 41.5 Å². The normalized spacial score (nSPS) is 10.4. The van der Waals surface area contributed by atoms with Gasteiger partial charge in [0.05, 0.1) is 26.1 Å². The quantitative estimate of drug-likeness (QED) is 0.692. The second kappa shape index (κ2) is 8.02. The van der Waals surface area contributed by atoms with Gasteiger partial charge in [0.25, 0.3) is 5.91 Å². The molecule has 0 atom stereocenters. The molecule has 2 aromatic heterocycles. The first-order valence-electron chi connectivity index (χ1n) is 7.06. The zero-order chi connectivity index (χ0) is 15.8. The van der Waals surface area contributed by atoms with Crippen molar-refractivity contribution in [3.8, 4) is 0 Å². The third kappa shape index (κ3) is 4.47. The molecule has 0 radical (unpaired) electrons. The van der Waals surface area contributed by atoms with Gasteiger partial charge >= 0.3 is 5.97 Å². The summed E-state index contributed by atoms with van der Waals surface area (Å²) >= 11 is 0. The molecule has 0 aliphatic heterocycles. The van der Waals surface area contributed by atoms with Gasteiger partial charge in [0.1, 0.15) is 0 Å². The van der Waals surface area contributed by atoms with E-state index >= 15 is 0 Å². The van der Waals surface area contributed by atoms with Gasteiger partial charge in [-0.1, -0.05) is 0 Å². The highest BCUT2D eigenvalue weighted by Gasteiger charge is 2.19. The van der Waals surface area contributed by atoms with Gasteiger partial charge in [-0.25, -0.2) is 4.98 Å². The minimum absolute atomic E-state index is 0.161. The predicted molar refractivity (Wildman–Crippen MR) is 78.1 cm³/mol. The minimum Gasteiger partial charge on any atom is -0.469 e. The van der Waals surface area contributed by atoms with E-state index in [9.17, 15) is 9.59 Å². The summed E-state index contributed by atoms with van der Waals surface area (Å²) in [4.78, 5) is 29.2. The number of furan rings is 1. The number of aromatic nitrogens is 2. The fourth-order valence-corrected chi connectivity index (χ4v) is 2.06. The fourth-order valence-electron chi connectivity index (χ4n) is 2.06. The summed E-state index contributed by atoms with van der Waals surface area (Å²) in [7, 11) is 1.33. The molecule has 0 aliphatic rings. The molecule has 0 saturated carbocycles. The molecule has 0 spiro atoms. The van der Waals surface area contributed by atoms with Crippen molar-refractivity contribution in [2.24, 2.45) is 0 Å². The molecule has 0 unspecified atom stereocenters. The molecular weight excluding hydrogens is 286 g/mol. The van der Waals surface area contributed by atoms with Gasteiger partial charge < -0.3 is 18.6 Å². The number of rotatable bonds is 8. The van der Waals surface area contributed by atoms with Gasteiger partial charge in [-0.3, -0.25) is 9.59 Å². The summed E-state index contributed by atoms with van der Waals surface area (Å²) in [6.45, 7) is 1.57. The van der Waals surface area contributed by atoms with Gasteiger partial charge in [-0.2, -0.15) is 0 Å². The van der Waals surface area contributed by atoms with E-state index in [1.54, 1.807) is 29.6 Å². The van der Waals surface area contributed by atoms with Crippen LogP contribution >= 0.6 is 0 Å². The van der Waals surface area contributed by atoms with E-state index in [1.807, 2.05) is 10.8 Å². The van der Waals surface area contributed by atoms with Gasteiger partial charge in [-0.15, -0.1) is 0 Å². The lowest BCUT2D eigenvalue weighted by atomic mass is 10.3. The average Bonchev–Trinajstić information content (AvgIpc) is 3.22. The number of carbonyl (C=O) groups excluding carboxylic acids is 2. The number of hydrogen-bond donors (Lipinski definition) is 0. The van der Waals surface area contributed by atoms with Crippen molar-refractivity contribution in [2.75, 3.05) is 20.2 Å². The number of hydrogen-bond acceptors (Lipinski definition) is 5. The van der Waals surface area contributed by atoms with Crippen LogP contribution in [0.1, 0.15) is 23.4 Å². The molecule has 2 rings (SSSR count). The van der Waals surface area contributed by atoms with Crippen molar-refractivity contribution >= 4 is 11.9 Å². The molecule has 2 heterocycles. The highest BCUT2D eigenvalue weighted by molar-refractivity contribution is 5.91. The molecule has 2 aromatic rings. The smallest absolute Gasteiger partial charge is 0.307 e. The van der Waals surface area contributed by atoms with Crippen molar-refractivity contribution in [2.45, 2.75) is 19.4 Å². The van der Waals surface area contributed by atoms with E-state index in [-0.39, 0.29) is 24.1 Å². The molecule has 0 aliphatic carbocycles. The Balaban J connectivity index is 1.91. The van der Waals surface area contributed by atoms with Gasteiger partial charge in [0.15, 0.2) is 5.76 Å². The van der Waals surface area contributed by atoms with E-state index in [4.69, 9.17) is 4.42 Å². The second-order valence-electron chi connectivity index (χ2n) is 4.75. The van der Waals surface area contributed by atoms with Crippen LogP contribution in [0.3, 0.4) is 0 Å². The molecular formula is C15H19N3O4. The molecule has 0 aromatic carbocycles. The highest BCUT2D eigenvalue weighted by atomic mass is 16.5. The van der Waals surface area contributed by atoms with E-state index < -0.39 is 0 Å². The Bertz CT molecular complexity index is 578. The average molecular weight is 305 g/mol. The maximum Gasteiger partial charge on any atom is 0.307 e. The number of imidazole rings is 1. The first-order chi connectivity index (χ1) is 10.7. The Morgan fingerprint density at radius 1 is 1.41 bits per heavy atom. The fraction of sp³-hybridized carbons (Fsp3) is 0.400. The van der Waals surface area contributed by atoms with Crippen LogP contribution in [0.4, 0.5) is 0 Å². The number of carbonyl (C=O) groups is 2. The van der Waals surface area contributed by atoms with Crippen molar-refractivity contribution in [3.05, 3.63) is 42.9 Å². The van der Waals surface area contributed by atoms with Crippen LogP contribution in [0, 0.1) is 0 Å². The first kappa shape index (κ1) is 15.8. The van der Waals surface area contributed by atoms with E-state index in [0.29, 0.717) is 13.1 Å². The van der Waals surface area contributed by atoms with Crippen molar-refractivity contribution in [1.82, 2.24) is 14.5 Å². The molecule has 0 fully saturated rings. The molecule has 0 N–H and O–H groups in total. The summed E-state index contributed by atoms with van der Waals surface area (Å²) in [5.41, 5.74) is 0. The molecule has 22 heavy (non-hydrogen) atoms. The zero-order valence-corrected chi connectivity index (χ0v) is 12.5. The Labute approximate surface area is 128 Å². The van der Waals surface area contributed by atoms with E-state index in [0.717, 1.165) is 13.0 Å². The maximum atomic E-state index is 12.4. The second-order valence-corrected chi connectivity index (χ2v) is 4.75. The first-order valence-corrected chi connectivity index (χ1v) is 7.06. The number of methoxy groups -OCH3 is 1. The Morgan fingerprint density at radius 3 is 2.91 bits per heavy atom. The largest absolute Gasteiger partial charge is 0.469 e. The van der Waals surface area contributed by atoms with Crippen LogP contribution in [-0.4, -0.2) is 46.5 Å². The summed E-state index contributed by atoms with van der Waals surface area (Å²) in [6, 6.07) is 3.28. The van der Waals surface area contributed by atoms with Gasteiger partial charge in [0.2, 0.25) is 0 Å². The van der Waals surface area contributed by atoms with Crippen molar-refractivity contribution in [1.29, 1.82) is 0 Å². The number of amides is 1. The number of nitrogens with zero attached hydrogens (tertiary/aromatic N) is 3. The third-order valence-corrected chi connectivity index (χ3v) is 3.24. The molecule has 118 valence electrons. The lowest BCUT2D eigenvalue weighted by Gasteiger charge is -2.21. The SMILES string of the molecule is COC(=O)CCN(CCCn1ccnc1)C(=O)c1ccco1. The Morgan fingerprint density at radius 2 is 2.27 bits per heavy atom. The summed E-state index contributed by atoms with van der Waals surface area (Å²) < 4.78 is 11.7. The molecule has 1 amide bonds. The maximum absolute atomic E-state index is 12.4. The predicted octanol–water partition coefficient (Wildman–Crippen LogP) is 1.57. The van der Waals surface area contributed by atoms with E-state index in [1.165, 1.54) is 13.4 Å². The Hall–Kier alpha value is -2.57. The standard InChI is InChI=1S/C15H19N3O4/c1-21-14(19)5-9-18(15(20)13-4-2-11-22-13)8-3-7-17-10-6-16-12-17/h2,4,6,10-12H,3,5,7-9H2,1H3. The van der Waals surface area contributed by atoms with Gasteiger partial charge in [-0.05, 0) is 18.6 Å². The number of esters is 1. The van der Waals surface area contributed by atoms with Gasteiger partial charge in [0, 0.05) is 32.0 Å². The van der Waals surface area contributed by atoms with Crippen molar-refractivity contribution in [3.63, 3.8) is 0 Å². The Kier molecular flexibility index (Phi) is 5.76. The van der Waals surface area contributed by atoms with Crippen molar-refractivity contribution < 1.29 is 18.7 Å². The highest BCUT2D eigenvalue weighted by Crippen LogP contribution is 2.08. The lowest BCUT2D eigenvalue weighted by Crippen LogP contribution is -2.34. The monoisotopic (exact) mass is 305 g/mol. The minimum atomic E-state index is -0.341. The van der Waals surface area contributed by atoms with E-state index in [2.05, 4.69) is 9.72 Å². The number of ether oxygens (including phenoxy) is 1. The zero-order valence-electron chi connectivity index (χ0n) is 12.5. The third-order valence-electron chi connectivity index (χ3n) is 3.24. The van der Waals surface area contributed by atoms with Crippen LogP contribution < -0.4 is 0 Å². The van der Waals surface area contributed by atoms with Crippen LogP contribution in [0.2, 0.25) is 0 Å². The molecule has 7 heteroatoms. The topological polar surface area (TPSA) is 77.6 Å². The summed E-state index contributed by atoms with van der Waals surface area (Å²) in [5, 5.41) is 0. The summed E-state index contributed by atoms with van der Waals surface area (Å²) in [6.07, 6.45) is 7.68. The molecule has 7 nitrogen and oxygen atoms in total. The lowest BCUT2D eigenvalue weighted by molar-refractivity contribution is -0.140. The van der Waals surface area contributed by atoms with Crippen LogP contribution in [0.5, 0.6) is 0 Å². The van der Waals surface area contributed by atoms with Crippen LogP contribution in [0.25, 0.3) is 0 Å². The number of aryl methyl sites for hydroxylation is 1. The molecule has 0 bridgehead atoms. The molecule has 0 saturated heterocycles. The summed E-state index contributed by atoms with van der Waals surface area (Å²) in [5.74, 6) is -0.293.